The van der Waals surface area contributed by atoms with Gasteiger partial charge in [0.1, 0.15) is 6.04 Å². The van der Waals surface area contributed by atoms with Gasteiger partial charge in [-0.05, 0) is 24.3 Å². The summed E-state index contributed by atoms with van der Waals surface area (Å²) in [5.74, 6) is -1.27. The summed E-state index contributed by atoms with van der Waals surface area (Å²) in [5.41, 5.74) is 0. The van der Waals surface area contributed by atoms with E-state index in [2.05, 4.69) is 0 Å². The Balaban J connectivity index is 2.38. The standard InChI is InChI=1S/C11H12ClNO5S/c12-7-1-3-9(4-2-7)19(17,18)13-6-8(14)5-10(13)11(15)16/h1-4,8,10,14H,5-6H2,(H,15,16)/t8-,10+/m1/s1. The lowest BCUT2D eigenvalue weighted by Crippen LogP contribution is -2.40. The number of aliphatic carboxylic acids is 1. The molecule has 1 aliphatic rings. The number of nitrogens with zero attached hydrogens (tertiary/aromatic N) is 1. The molecule has 8 heteroatoms. The lowest BCUT2D eigenvalue weighted by Gasteiger charge is -2.20. The molecule has 1 aromatic rings. The molecule has 6 nitrogen and oxygen atoms in total. The minimum Gasteiger partial charge on any atom is -0.480 e. The number of carboxylic acids is 1. The summed E-state index contributed by atoms with van der Waals surface area (Å²) in [5, 5.41) is 18.9. The first-order chi connectivity index (χ1) is 8.82. The summed E-state index contributed by atoms with van der Waals surface area (Å²) < 4.78 is 25.4. The average Bonchev–Trinajstić information content (AvgIpc) is 2.73. The molecule has 19 heavy (non-hydrogen) atoms. The van der Waals surface area contributed by atoms with Crippen LogP contribution < -0.4 is 0 Å². The molecule has 1 heterocycles. The summed E-state index contributed by atoms with van der Waals surface area (Å²) in [6.07, 6.45) is -1.08. The van der Waals surface area contributed by atoms with Crippen LogP contribution in [0, 0.1) is 0 Å². The monoisotopic (exact) mass is 305 g/mol. The van der Waals surface area contributed by atoms with Crippen molar-refractivity contribution in [3.8, 4) is 0 Å². The molecule has 1 fully saturated rings. The Morgan fingerprint density at radius 1 is 1.32 bits per heavy atom. The molecule has 0 aliphatic carbocycles. The van der Waals surface area contributed by atoms with Crippen LogP contribution in [0.15, 0.2) is 29.2 Å². The van der Waals surface area contributed by atoms with Crippen molar-refractivity contribution >= 4 is 27.6 Å². The zero-order valence-electron chi connectivity index (χ0n) is 9.73. The van der Waals surface area contributed by atoms with Gasteiger partial charge >= 0.3 is 5.97 Å². The molecule has 2 N–H and O–H groups in total. The Labute approximate surface area is 115 Å². The SMILES string of the molecule is O=C(O)[C@@H]1C[C@@H](O)CN1S(=O)(=O)c1ccc(Cl)cc1. The van der Waals surface area contributed by atoms with Crippen molar-refractivity contribution in [3.63, 3.8) is 0 Å². The Bertz CT molecular complexity index is 586. The Kier molecular flexibility index (Phi) is 3.82. The van der Waals surface area contributed by atoms with Gasteiger partial charge in [-0.1, -0.05) is 11.6 Å². The number of carbonyl (C=O) groups is 1. The fourth-order valence-corrected chi connectivity index (χ4v) is 3.77. The van der Waals surface area contributed by atoms with Gasteiger partial charge in [0.15, 0.2) is 0 Å². The van der Waals surface area contributed by atoms with E-state index in [1.165, 1.54) is 24.3 Å². The number of carboxylic acid groups (broad SMARTS) is 1. The molecular weight excluding hydrogens is 294 g/mol. The molecule has 0 spiro atoms. The van der Waals surface area contributed by atoms with Crippen molar-refractivity contribution in [2.75, 3.05) is 6.54 Å². The number of rotatable bonds is 3. The first-order valence-electron chi connectivity index (χ1n) is 5.50. The predicted octanol–water partition coefficient (Wildman–Crippen LogP) is 0.549. The van der Waals surface area contributed by atoms with Crippen molar-refractivity contribution in [1.82, 2.24) is 4.31 Å². The van der Waals surface area contributed by atoms with Crippen LogP contribution in [0.1, 0.15) is 6.42 Å². The van der Waals surface area contributed by atoms with Crippen molar-refractivity contribution in [2.45, 2.75) is 23.5 Å². The van der Waals surface area contributed by atoms with Crippen LogP contribution in [-0.4, -0.2) is 47.6 Å². The van der Waals surface area contributed by atoms with Crippen molar-refractivity contribution in [3.05, 3.63) is 29.3 Å². The second-order valence-corrected chi connectivity index (χ2v) is 6.60. The molecule has 104 valence electrons. The van der Waals surface area contributed by atoms with E-state index in [1.807, 2.05) is 0 Å². The maximum Gasteiger partial charge on any atom is 0.322 e. The van der Waals surface area contributed by atoms with Gasteiger partial charge in [0.2, 0.25) is 10.0 Å². The van der Waals surface area contributed by atoms with Gasteiger partial charge in [-0.3, -0.25) is 4.79 Å². The molecule has 1 aromatic carbocycles. The van der Waals surface area contributed by atoms with E-state index in [0.717, 1.165) is 4.31 Å². The third kappa shape index (κ3) is 2.74. The van der Waals surface area contributed by atoms with Gasteiger partial charge in [0.25, 0.3) is 0 Å². The van der Waals surface area contributed by atoms with Gasteiger partial charge < -0.3 is 10.2 Å². The van der Waals surface area contributed by atoms with Gasteiger partial charge in [-0.15, -0.1) is 0 Å². The van der Waals surface area contributed by atoms with Gasteiger partial charge in [0.05, 0.1) is 11.0 Å². The van der Waals surface area contributed by atoms with Gasteiger partial charge in [-0.2, -0.15) is 4.31 Å². The molecule has 2 atom stereocenters. The van der Waals surface area contributed by atoms with Crippen LogP contribution >= 0.6 is 11.6 Å². The predicted molar refractivity (Wildman–Crippen MR) is 67.4 cm³/mol. The lowest BCUT2D eigenvalue weighted by molar-refractivity contribution is -0.140. The number of sulfonamides is 1. The highest BCUT2D eigenvalue weighted by atomic mass is 35.5. The minimum atomic E-state index is -3.95. The second kappa shape index (κ2) is 5.09. The summed E-state index contributed by atoms with van der Waals surface area (Å²) in [4.78, 5) is 11.0. The van der Waals surface area contributed by atoms with E-state index in [9.17, 15) is 18.3 Å². The van der Waals surface area contributed by atoms with E-state index in [4.69, 9.17) is 16.7 Å². The molecule has 1 aliphatic heterocycles. The number of aliphatic hydroxyl groups is 1. The molecule has 2 rings (SSSR count). The van der Waals surface area contributed by atoms with Crippen LogP contribution in [0.2, 0.25) is 5.02 Å². The number of benzene rings is 1. The zero-order valence-corrected chi connectivity index (χ0v) is 11.3. The van der Waals surface area contributed by atoms with E-state index in [1.54, 1.807) is 0 Å². The molecule has 0 bridgehead atoms. The van der Waals surface area contributed by atoms with Crippen LogP contribution in [0.3, 0.4) is 0 Å². The Hall–Kier alpha value is -1.15. The summed E-state index contributed by atoms with van der Waals surface area (Å²) >= 11 is 5.68. The number of hydrogen-bond donors (Lipinski definition) is 2. The Morgan fingerprint density at radius 2 is 1.89 bits per heavy atom. The van der Waals surface area contributed by atoms with Crippen LogP contribution in [0.25, 0.3) is 0 Å². The highest BCUT2D eigenvalue weighted by Crippen LogP contribution is 2.27. The smallest absolute Gasteiger partial charge is 0.322 e. The lowest BCUT2D eigenvalue weighted by atomic mass is 10.2. The normalized spacial score (nSPS) is 24.5. The topological polar surface area (TPSA) is 94.9 Å². The molecule has 1 saturated heterocycles. The molecule has 0 unspecified atom stereocenters. The van der Waals surface area contributed by atoms with Crippen molar-refractivity contribution in [1.29, 1.82) is 0 Å². The first kappa shape index (κ1) is 14.3. The third-order valence-electron chi connectivity index (χ3n) is 2.94. The quantitative estimate of drug-likeness (QED) is 0.850. The maximum absolute atomic E-state index is 12.3. The van der Waals surface area contributed by atoms with E-state index < -0.39 is 28.1 Å². The fourth-order valence-electron chi connectivity index (χ4n) is 2.02. The van der Waals surface area contributed by atoms with Crippen LogP contribution in [-0.2, 0) is 14.8 Å². The third-order valence-corrected chi connectivity index (χ3v) is 5.08. The number of β-amino-alcohol motifs (C(OH)–C–C–N with tert-alkyl or cyclic N) is 1. The van der Waals surface area contributed by atoms with Gasteiger partial charge in [-0.25, -0.2) is 8.42 Å². The molecule has 0 saturated carbocycles. The molecule has 0 aromatic heterocycles. The summed E-state index contributed by atoms with van der Waals surface area (Å²) in [7, 11) is -3.95. The second-order valence-electron chi connectivity index (χ2n) is 4.27. The van der Waals surface area contributed by atoms with Crippen LogP contribution in [0.5, 0.6) is 0 Å². The molecule has 0 radical (unpaired) electrons. The highest BCUT2D eigenvalue weighted by Gasteiger charge is 2.43. The maximum atomic E-state index is 12.3. The molecular formula is C11H12ClNO5S. The van der Waals surface area contributed by atoms with Crippen molar-refractivity contribution in [2.24, 2.45) is 0 Å². The zero-order chi connectivity index (χ0) is 14.2. The number of aliphatic hydroxyl groups excluding tert-OH is 1. The number of halogens is 1. The van der Waals surface area contributed by atoms with Gasteiger partial charge in [0, 0.05) is 18.0 Å². The first-order valence-corrected chi connectivity index (χ1v) is 7.32. The average molecular weight is 306 g/mol. The van der Waals surface area contributed by atoms with E-state index in [-0.39, 0.29) is 17.9 Å². The molecule has 0 amide bonds. The number of hydrogen-bond acceptors (Lipinski definition) is 4. The van der Waals surface area contributed by atoms with Crippen LogP contribution in [0.4, 0.5) is 0 Å². The van der Waals surface area contributed by atoms with E-state index >= 15 is 0 Å². The largest absolute Gasteiger partial charge is 0.480 e. The highest BCUT2D eigenvalue weighted by molar-refractivity contribution is 7.89. The Morgan fingerprint density at radius 3 is 2.42 bits per heavy atom. The fraction of sp³-hybridized carbons (Fsp3) is 0.364. The summed E-state index contributed by atoms with van der Waals surface area (Å²) in [6, 6.07) is 4.20. The van der Waals surface area contributed by atoms with E-state index in [0.29, 0.717) is 5.02 Å². The summed E-state index contributed by atoms with van der Waals surface area (Å²) in [6.45, 7) is -0.220. The minimum absolute atomic E-state index is 0.0442. The van der Waals surface area contributed by atoms with Crippen molar-refractivity contribution < 1.29 is 23.4 Å².